The van der Waals surface area contributed by atoms with E-state index >= 15 is 0 Å². The lowest BCUT2D eigenvalue weighted by Gasteiger charge is -2.11. The maximum Gasteiger partial charge on any atom is 0.182 e. The van der Waals surface area contributed by atoms with Gasteiger partial charge >= 0.3 is 0 Å². The maximum atomic E-state index is 5.39. The fourth-order valence-corrected chi connectivity index (χ4v) is 1.43. The van der Waals surface area contributed by atoms with Crippen LogP contribution in [0.1, 0.15) is 4.88 Å². The third-order valence-electron chi connectivity index (χ3n) is 1.13. The van der Waals surface area contributed by atoms with Crippen molar-refractivity contribution >= 4 is 22.3 Å². The summed E-state index contributed by atoms with van der Waals surface area (Å²) in [5.41, 5.74) is 5.39. The quantitative estimate of drug-likeness (QED) is 0.538. The highest BCUT2D eigenvalue weighted by Crippen LogP contribution is 2.31. The van der Waals surface area contributed by atoms with E-state index in [-0.39, 0.29) is 0 Å². The predicted molar refractivity (Wildman–Crippen MR) is 33.9 cm³/mol. The number of nitrogen functional groups attached to an aromatic ring is 1. The Kier molecular flexibility index (Phi) is 0.590. The van der Waals surface area contributed by atoms with Gasteiger partial charge < -0.3 is 11.1 Å². The van der Waals surface area contributed by atoms with Crippen molar-refractivity contribution in [2.45, 2.75) is 6.54 Å². The van der Waals surface area contributed by atoms with Crippen LogP contribution in [0, 0.1) is 0 Å². The number of nitrogens with one attached hydrogen (secondary N) is 1. The van der Waals surface area contributed by atoms with E-state index in [1.165, 1.54) is 4.88 Å². The molecule has 2 heterocycles. The fourth-order valence-electron chi connectivity index (χ4n) is 0.685. The number of fused-ring (bicyclic) bond motifs is 1. The number of thiazole rings is 1. The highest BCUT2D eigenvalue weighted by Gasteiger charge is 2.16. The summed E-state index contributed by atoms with van der Waals surface area (Å²) in [6, 6.07) is 0. The number of nitrogens with two attached hydrogens (primary N) is 1. The molecule has 0 aliphatic carbocycles. The van der Waals surface area contributed by atoms with E-state index in [4.69, 9.17) is 5.73 Å². The summed E-state index contributed by atoms with van der Waals surface area (Å²) in [7, 11) is 0. The summed E-state index contributed by atoms with van der Waals surface area (Å²) in [6.07, 6.45) is 0. The second-order valence-electron chi connectivity index (χ2n) is 1.68. The molecule has 0 bridgehead atoms. The second-order valence-corrected chi connectivity index (χ2v) is 2.79. The average molecular weight is 127 g/mol. The Morgan fingerprint density at radius 3 is 2.88 bits per heavy atom. The lowest BCUT2D eigenvalue weighted by atomic mass is 10.4. The first kappa shape index (κ1) is 4.14. The van der Waals surface area contributed by atoms with Gasteiger partial charge in [-0.2, -0.15) is 0 Å². The number of aromatic nitrogens is 1. The number of rotatable bonds is 0. The number of nitrogens with zero attached hydrogens (tertiary/aromatic N) is 1. The lowest BCUT2D eigenvalue weighted by molar-refractivity contribution is 1.06. The Bertz CT molecular complexity index is 196. The van der Waals surface area contributed by atoms with Crippen LogP contribution in [0.3, 0.4) is 0 Å². The molecular weight excluding hydrogens is 122 g/mol. The standard InChI is InChI=1S/C4H5N3S/c5-4-7-3-2(8-4)1-6-3/h6H,1H2,(H2,5,7). The summed E-state index contributed by atoms with van der Waals surface area (Å²) in [6.45, 7) is 0.949. The van der Waals surface area contributed by atoms with Gasteiger partial charge in [0.05, 0.1) is 11.4 Å². The molecule has 1 aromatic rings. The second kappa shape index (κ2) is 1.14. The number of hydrogen-bond acceptors (Lipinski definition) is 4. The Labute approximate surface area is 50.5 Å². The van der Waals surface area contributed by atoms with E-state index in [9.17, 15) is 0 Å². The van der Waals surface area contributed by atoms with Gasteiger partial charge in [0.2, 0.25) is 0 Å². The minimum atomic E-state index is 0.667. The van der Waals surface area contributed by atoms with E-state index in [0.29, 0.717) is 5.13 Å². The molecule has 1 aliphatic heterocycles. The summed E-state index contributed by atoms with van der Waals surface area (Å²) >= 11 is 1.56. The van der Waals surface area contributed by atoms with Crippen LogP contribution in [0.2, 0.25) is 0 Å². The molecule has 3 N–H and O–H groups in total. The van der Waals surface area contributed by atoms with Crippen LogP contribution in [0.25, 0.3) is 0 Å². The van der Waals surface area contributed by atoms with Crippen molar-refractivity contribution in [3.63, 3.8) is 0 Å². The van der Waals surface area contributed by atoms with E-state index < -0.39 is 0 Å². The Morgan fingerprint density at radius 1 is 1.75 bits per heavy atom. The minimum absolute atomic E-state index is 0.667. The molecule has 42 valence electrons. The van der Waals surface area contributed by atoms with E-state index in [0.717, 1.165) is 12.4 Å². The lowest BCUT2D eigenvalue weighted by Crippen LogP contribution is -2.10. The summed E-state index contributed by atoms with van der Waals surface area (Å²) in [5.74, 6) is 0.979. The van der Waals surface area contributed by atoms with Crippen molar-refractivity contribution in [1.29, 1.82) is 0 Å². The van der Waals surface area contributed by atoms with Gasteiger partial charge in [0.25, 0.3) is 0 Å². The van der Waals surface area contributed by atoms with Crippen LogP contribution in [0.5, 0.6) is 0 Å². The molecule has 0 atom stereocenters. The van der Waals surface area contributed by atoms with Crippen molar-refractivity contribution in [2.24, 2.45) is 0 Å². The molecule has 0 spiro atoms. The van der Waals surface area contributed by atoms with E-state index in [2.05, 4.69) is 10.3 Å². The molecule has 8 heavy (non-hydrogen) atoms. The van der Waals surface area contributed by atoms with Gasteiger partial charge in [0.1, 0.15) is 5.82 Å². The first-order valence-electron chi connectivity index (χ1n) is 2.35. The smallest absolute Gasteiger partial charge is 0.182 e. The van der Waals surface area contributed by atoms with Gasteiger partial charge in [0.15, 0.2) is 5.13 Å². The SMILES string of the molecule is Nc1nc2c(s1)CN2. The molecule has 0 radical (unpaired) electrons. The average Bonchev–Trinajstić information content (AvgIpc) is 1.91. The third kappa shape index (κ3) is 0.355. The number of hydrogen-bond donors (Lipinski definition) is 2. The van der Waals surface area contributed by atoms with Crippen molar-refractivity contribution < 1.29 is 0 Å². The predicted octanol–water partition coefficient (Wildman–Crippen LogP) is 0.651. The largest absolute Gasteiger partial charge is 0.375 e. The first-order chi connectivity index (χ1) is 3.86. The fraction of sp³-hybridized carbons (Fsp3) is 0.250. The zero-order valence-corrected chi connectivity index (χ0v) is 4.96. The van der Waals surface area contributed by atoms with Crippen LogP contribution >= 0.6 is 11.3 Å². The van der Waals surface area contributed by atoms with Crippen molar-refractivity contribution in [3.05, 3.63) is 4.88 Å². The van der Waals surface area contributed by atoms with Gasteiger partial charge in [-0.1, -0.05) is 11.3 Å². The van der Waals surface area contributed by atoms with Gasteiger partial charge in [-0.05, 0) is 0 Å². The highest BCUT2D eigenvalue weighted by molar-refractivity contribution is 7.16. The molecule has 0 saturated carbocycles. The van der Waals surface area contributed by atoms with Crippen LogP contribution in [-0.4, -0.2) is 4.98 Å². The van der Waals surface area contributed by atoms with Crippen LogP contribution in [0.4, 0.5) is 10.9 Å². The highest BCUT2D eigenvalue weighted by atomic mass is 32.1. The summed E-state index contributed by atoms with van der Waals surface area (Å²) in [4.78, 5) is 5.26. The van der Waals surface area contributed by atoms with Crippen molar-refractivity contribution in [3.8, 4) is 0 Å². The van der Waals surface area contributed by atoms with Gasteiger partial charge in [-0.25, -0.2) is 4.98 Å². The molecule has 1 aromatic heterocycles. The molecule has 0 unspecified atom stereocenters. The number of anilines is 2. The normalized spacial score (nSPS) is 14.0. The Hall–Kier alpha value is -0.770. The molecule has 4 heteroatoms. The third-order valence-corrected chi connectivity index (χ3v) is 2.01. The van der Waals surface area contributed by atoms with Gasteiger partial charge in [-0.3, -0.25) is 0 Å². The minimum Gasteiger partial charge on any atom is -0.375 e. The van der Waals surface area contributed by atoms with Gasteiger partial charge in [-0.15, -0.1) is 0 Å². The zero-order chi connectivity index (χ0) is 5.56. The molecule has 0 aromatic carbocycles. The zero-order valence-electron chi connectivity index (χ0n) is 4.14. The van der Waals surface area contributed by atoms with E-state index in [1.54, 1.807) is 11.3 Å². The molecule has 3 nitrogen and oxygen atoms in total. The van der Waals surface area contributed by atoms with Crippen molar-refractivity contribution in [1.82, 2.24) is 4.98 Å². The van der Waals surface area contributed by atoms with E-state index in [1.807, 2.05) is 0 Å². The molecule has 0 saturated heterocycles. The maximum absolute atomic E-state index is 5.39. The molecule has 2 rings (SSSR count). The topological polar surface area (TPSA) is 50.9 Å². The Balaban J connectivity index is 2.61. The van der Waals surface area contributed by atoms with Crippen LogP contribution in [0.15, 0.2) is 0 Å². The summed E-state index contributed by atoms with van der Waals surface area (Å²) in [5, 5.41) is 3.70. The first-order valence-corrected chi connectivity index (χ1v) is 3.17. The molecule has 0 fully saturated rings. The molecular formula is C4H5N3S. The monoisotopic (exact) mass is 127 g/mol. The van der Waals surface area contributed by atoms with Crippen LogP contribution < -0.4 is 11.1 Å². The summed E-state index contributed by atoms with van der Waals surface area (Å²) < 4.78 is 0. The van der Waals surface area contributed by atoms with Crippen molar-refractivity contribution in [2.75, 3.05) is 11.1 Å². The molecule has 1 aliphatic rings. The molecule has 0 amide bonds. The Morgan fingerprint density at radius 2 is 2.62 bits per heavy atom. The van der Waals surface area contributed by atoms with Gasteiger partial charge in [0, 0.05) is 0 Å². The van der Waals surface area contributed by atoms with Crippen LogP contribution in [-0.2, 0) is 6.54 Å².